The molecule has 4 heteroatoms. The van der Waals surface area contributed by atoms with E-state index in [9.17, 15) is 9.59 Å². The minimum atomic E-state index is -0.0113. The highest BCUT2D eigenvalue weighted by molar-refractivity contribution is 6.08. The Hall–Kier alpha value is -2.49. The van der Waals surface area contributed by atoms with Crippen LogP contribution in [0.2, 0.25) is 0 Å². The lowest BCUT2D eigenvalue weighted by Crippen LogP contribution is -2.44. The minimum Gasteiger partial charge on any atom is -0.338 e. The van der Waals surface area contributed by atoms with E-state index in [0.29, 0.717) is 30.8 Å². The first-order valence-corrected chi connectivity index (χ1v) is 7.52. The molecule has 0 atom stereocenters. The molecular formula is C18H21N2O2+. The van der Waals surface area contributed by atoms with Gasteiger partial charge in [-0.3, -0.25) is 9.59 Å². The van der Waals surface area contributed by atoms with E-state index in [2.05, 4.69) is 0 Å². The van der Waals surface area contributed by atoms with Crippen LogP contribution in [-0.2, 0) is 11.3 Å². The van der Waals surface area contributed by atoms with Crippen LogP contribution in [0.3, 0.4) is 0 Å². The Labute approximate surface area is 131 Å². The summed E-state index contributed by atoms with van der Waals surface area (Å²) in [6.45, 7) is 5.64. The average Bonchev–Trinajstić information content (AvgIpc) is 2.57. The Morgan fingerprint density at radius 2 is 1.45 bits per heavy atom. The van der Waals surface area contributed by atoms with Crippen LogP contribution < -0.4 is 4.57 Å². The number of pyridine rings is 1. The molecule has 0 N–H and O–H groups in total. The molecule has 2 aromatic rings. The van der Waals surface area contributed by atoms with Crippen LogP contribution in [0, 0.1) is 0 Å². The number of likely N-dealkylation sites (N-methyl/N-ethyl adjacent to an activating group) is 1. The zero-order valence-corrected chi connectivity index (χ0v) is 13.0. The smallest absolute Gasteiger partial charge is 0.288 e. The summed E-state index contributed by atoms with van der Waals surface area (Å²) in [5.74, 6) is 0.0694. The van der Waals surface area contributed by atoms with Gasteiger partial charge in [0, 0.05) is 36.3 Å². The summed E-state index contributed by atoms with van der Waals surface area (Å²) in [4.78, 5) is 26.1. The highest BCUT2D eigenvalue weighted by Crippen LogP contribution is 2.07. The van der Waals surface area contributed by atoms with E-state index in [1.54, 1.807) is 46.1 Å². The van der Waals surface area contributed by atoms with Crippen LogP contribution in [0.15, 0.2) is 54.9 Å². The SMILES string of the molecule is CCN(CC)C(=O)C[n+]1ccc(C(=O)c2ccccc2)cc1. The molecule has 1 amide bonds. The Morgan fingerprint density at radius 1 is 0.909 bits per heavy atom. The molecule has 0 aliphatic rings. The van der Waals surface area contributed by atoms with Crippen molar-refractivity contribution >= 4 is 11.7 Å². The van der Waals surface area contributed by atoms with Crippen molar-refractivity contribution in [3.05, 3.63) is 66.0 Å². The van der Waals surface area contributed by atoms with Crippen molar-refractivity contribution in [2.45, 2.75) is 20.4 Å². The minimum absolute atomic E-state index is 0.0113. The third-order valence-corrected chi connectivity index (χ3v) is 3.62. The summed E-state index contributed by atoms with van der Waals surface area (Å²) in [6.07, 6.45) is 3.55. The van der Waals surface area contributed by atoms with Crippen LogP contribution in [0.4, 0.5) is 0 Å². The van der Waals surface area contributed by atoms with Gasteiger partial charge >= 0.3 is 0 Å². The summed E-state index contributed by atoms with van der Waals surface area (Å²) in [5, 5.41) is 0. The van der Waals surface area contributed by atoms with E-state index >= 15 is 0 Å². The van der Waals surface area contributed by atoms with Crippen molar-refractivity contribution in [3.63, 3.8) is 0 Å². The average molecular weight is 297 g/mol. The molecule has 0 fully saturated rings. The zero-order valence-electron chi connectivity index (χ0n) is 13.0. The van der Waals surface area contributed by atoms with Gasteiger partial charge in [-0.1, -0.05) is 30.3 Å². The molecule has 1 aromatic carbocycles. The van der Waals surface area contributed by atoms with Crippen LogP contribution in [0.1, 0.15) is 29.8 Å². The van der Waals surface area contributed by atoms with Gasteiger partial charge in [-0.05, 0) is 13.8 Å². The van der Waals surface area contributed by atoms with Gasteiger partial charge in [-0.15, -0.1) is 0 Å². The van der Waals surface area contributed by atoms with Gasteiger partial charge < -0.3 is 4.90 Å². The summed E-state index contributed by atoms with van der Waals surface area (Å²) < 4.78 is 1.79. The molecule has 0 unspecified atom stereocenters. The maximum absolute atomic E-state index is 12.3. The highest BCUT2D eigenvalue weighted by atomic mass is 16.2. The van der Waals surface area contributed by atoms with Gasteiger partial charge in [0.15, 0.2) is 18.2 Å². The Bertz CT molecular complexity index is 632. The fourth-order valence-electron chi connectivity index (χ4n) is 2.30. The standard InChI is InChI=1S/C18H21N2O2/c1-3-20(4-2)17(21)14-19-12-10-16(11-13-19)18(22)15-8-6-5-7-9-15/h5-13H,3-4,14H2,1-2H3/q+1. The van der Waals surface area contributed by atoms with E-state index in [4.69, 9.17) is 0 Å². The molecule has 22 heavy (non-hydrogen) atoms. The number of carbonyl (C=O) groups is 2. The molecule has 0 spiro atoms. The molecule has 2 rings (SSSR count). The molecule has 0 saturated heterocycles. The lowest BCUT2D eigenvalue weighted by atomic mass is 10.0. The van der Waals surface area contributed by atoms with E-state index < -0.39 is 0 Å². The number of carbonyl (C=O) groups excluding carboxylic acids is 2. The third kappa shape index (κ3) is 3.79. The summed E-state index contributed by atoms with van der Waals surface area (Å²) in [7, 11) is 0. The Kier molecular flexibility index (Phi) is 5.42. The number of hydrogen-bond acceptors (Lipinski definition) is 2. The first kappa shape index (κ1) is 15.9. The number of rotatable bonds is 6. The summed E-state index contributed by atoms with van der Waals surface area (Å²) >= 11 is 0. The first-order chi connectivity index (χ1) is 10.7. The molecule has 0 radical (unpaired) electrons. The second-order valence-electron chi connectivity index (χ2n) is 5.02. The van der Waals surface area contributed by atoms with Crippen molar-refractivity contribution in [1.82, 2.24) is 4.90 Å². The van der Waals surface area contributed by atoms with Crippen LogP contribution in [0.25, 0.3) is 0 Å². The lowest BCUT2D eigenvalue weighted by molar-refractivity contribution is -0.685. The van der Waals surface area contributed by atoms with Gasteiger partial charge in [0.2, 0.25) is 6.54 Å². The normalized spacial score (nSPS) is 10.3. The Morgan fingerprint density at radius 3 is 2.00 bits per heavy atom. The topological polar surface area (TPSA) is 41.3 Å². The number of nitrogens with zero attached hydrogens (tertiary/aromatic N) is 2. The van der Waals surface area contributed by atoms with Crippen molar-refractivity contribution < 1.29 is 14.2 Å². The van der Waals surface area contributed by atoms with Crippen molar-refractivity contribution in [3.8, 4) is 0 Å². The largest absolute Gasteiger partial charge is 0.338 e. The molecule has 4 nitrogen and oxygen atoms in total. The Balaban J connectivity index is 2.08. The molecule has 1 aromatic heterocycles. The molecular weight excluding hydrogens is 276 g/mol. The van der Waals surface area contributed by atoms with Crippen LogP contribution in [0.5, 0.6) is 0 Å². The highest BCUT2D eigenvalue weighted by Gasteiger charge is 2.16. The second kappa shape index (κ2) is 7.50. The molecule has 0 bridgehead atoms. The quantitative estimate of drug-likeness (QED) is 0.605. The molecule has 1 heterocycles. The molecule has 114 valence electrons. The molecule has 0 saturated carbocycles. The summed E-state index contributed by atoms with van der Waals surface area (Å²) in [5.41, 5.74) is 1.29. The lowest BCUT2D eigenvalue weighted by Gasteiger charge is -2.16. The number of amides is 1. The van der Waals surface area contributed by atoms with Gasteiger partial charge in [-0.25, -0.2) is 0 Å². The van der Waals surface area contributed by atoms with E-state index in [1.807, 2.05) is 32.0 Å². The van der Waals surface area contributed by atoms with Crippen molar-refractivity contribution in [2.24, 2.45) is 0 Å². The second-order valence-corrected chi connectivity index (χ2v) is 5.02. The van der Waals surface area contributed by atoms with Gasteiger partial charge in [0.05, 0.1) is 0 Å². The van der Waals surface area contributed by atoms with Crippen LogP contribution in [-0.4, -0.2) is 29.7 Å². The maximum Gasteiger partial charge on any atom is 0.288 e. The van der Waals surface area contributed by atoms with Gasteiger partial charge in [0.25, 0.3) is 5.91 Å². The first-order valence-electron chi connectivity index (χ1n) is 7.52. The number of hydrogen-bond donors (Lipinski definition) is 0. The predicted molar refractivity (Wildman–Crippen MR) is 84.4 cm³/mol. The third-order valence-electron chi connectivity index (χ3n) is 3.62. The number of benzene rings is 1. The molecule has 0 aliphatic carbocycles. The van der Waals surface area contributed by atoms with Crippen LogP contribution >= 0.6 is 0 Å². The van der Waals surface area contributed by atoms with Crippen molar-refractivity contribution in [1.29, 1.82) is 0 Å². The number of ketones is 1. The monoisotopic (exact) mass is 297 g/mol. The van der Waals surface area contributed by atoms with E-state index in [1.165, 1.54) is 0 Å². The maximum atomic E-state index is 12.3. The van der Waals surface area contributed by atoms with Crippen molar-refractivity contribution in [2.75, 3.05) is 13.1 Å². The van der Waals surface area contributed by atoms with Gasteiger partial charge in [-0.2, -0.15) is 4.57 Å². The van der Waals surface area contributed by atoms with E-state index in [0.717, 1.165) is 0 Å². The predicted octanol–water partition coefficient (Wildman–Crippen LogP) is 2.07. The fraction of sp³-hybridized carbons (Fsp3) is 0.278. The zero-order chi connectivity index (χ0) is 15.9. The fourth-order valence-corrected chi connectivity index (χ4v) is 2.30. The molecule has 0 aliphatic heterocycles. The number of aromatic nitrogens is 1. The summed E-state index contributed by atoms with van der Waals surface area (Å²) in [6, 6.07) is 12.7. The van der Waals surface area contributed by atoms with Gasteiger partial charge in [0.1, 0.15) is 0 Å². The van der Waals surface area contributed by atoms with E-state index in [-0.39, 0.29) is 11.7 Å².